The molecule has 0 aliphatic carbocycles. The molecule has 6 nitrogen and oxygen atoms in total. The van der Waals surface area contributed by atoms with Gasteiger partial charge < -0.3 is 19.7 Å². The van der Waals surface area contributed by atoms with Crippen LogP contribution in [0.1, 0.15) is 46.8 Å². The topological polar surface area (TPSA) is 54.0 Å². The van der Waals surface area contributed by atoms with E-state index in [1.165, 1.54) is 23.3 Å². The highest BCUT2D eigenvalue weighted by Crippen LogP contribution is 2.37. The van der Waals surface area contributed by atoms with Crippen molar-refractivity contribution in [2.45, 2.75) is 38.9 Å². The molecule has 1 fully saturated rings. The van der Waals surface area contributed by atoms with Crippen LogP contribution in [0.3, 0.4) is 0 Å². The van der Waals surface area contributed by atoms with Crippen LogP contribution in [0.5, 0.6) is 11.5 Å². The van der Waals surface area contributed by atoms with E-state index in [2.05, 4.69) is 21.2 Å². The second-order valence-electron chi connectivity index (χ2n) is 11.3. The zero-order valence-electron chi connectivity index (χ0n) is 24.9. The van der Waals surface area contributed by atoms with Crippen LogP contribution in [0.15, 0.2) is 60.7 Å². The number of halogens is 3. The summed E-state index contributed by atoms with van der Waals surface area (Å²) in [6.45, 7) is 9.31. The lowest BCUT2D eigenvalue weighted by atomic mass is 9.96. The van der Waals surface area contributed by atoms with Crippen molar-refractivity contribution < 1.29 is 27.4 Å². The Labute approximate surface area is 251 Å². The molecule has 0 radical (unpaired) electrons. The first-order valence-electron chi connectivity index (χ1n) is 15.1. The molecule has 230 valence electrons. The highest BCUT2D eigenvalue weighted by atomic mass is 19.4. The van der Waals surface area contributed by atoms with Crippen LogP contribution in [0.2, 0.25) is 0 Å². The number of hydrogen-bond acceptors (Lipinski definition) is 5. The third kappa shape index (κ3) is 7.70. The first-order valence-corrected chi connectivity index (χ1v) is 15.1. The molecule has 0 bridgehead atoms. The second kappa shape index (κ2) is 13.8. The Bertz CT molecular complexity index is 1370. The summed E-state index contributed by atoms with van der Waals surface area (Å²) in [5.74, 6) is 2.02. The lowest BCUT2D eigenvalue weighted by Crippen LogP contribution is -2.43. The van der Waals surface area contributed by atoms with E-state index in [1.54, 1.807) is 31.4 Å². The molecule has 0 atom stereocenters. The fraction of sp³-hybridized carbons (Fsp3) is 0.441. The van der Waals surface area contributed by atoms with Crippen LogP contribution in [-0.4, -0.2) is 68.7 Å². The molecule has 1 amide bonds. The van der Waals surface area contributed by atoms with Crippen LogP contribution in [0.4, 0.5) is 13.2 Å². The molecule has 0 spiro atoms. The largest absolute Gasteiger partial charge is 0.493 e. The van der Waals surface area contributed by atoms with Gasteiger partial charge in [-0.2, -0.15) is 13.2 Å². The number of amides is 1. The van der Waals surface area contributed by atoms with Crippen molar-refractivity contribution in [3.63, 3.8) is 0 Å². The fourth-order valence-electron chi connectivity index (χ4n) is 6.02. The summed E-state index contributed by atoms with van der Waals surface area (Å²) < 4.78 is 49.9. The van der Waals surface area contributed by atoms with Crippen molar-refractivity contribution in [3.8, 4) is 22.6 Å². The summed E-state index contributed by atoms with van der Waals surface area (Å²) in [6, 6.07) is 16.2. The minimum Gasteiger partial charge on any atom is -0.493 e. The molecule has 1 N–H and O–H groups in total. The van der Waals surface area contributed by atoms with Crippen molar-refractivity contribution >= 4 is 5.91 Å². The minimum absolute atomic E-state index is 0.128. The van der Waals surface area contributed by atoms with Gasteiger partial charge in [-0.05, 0) is 92.2 Å². The van der Waals surface area contributed by atoms with Gasteiger partial charge in [-0.15, -0.1) is 0 Å². The average molecular weight is 596 g/mol. The molecular formula is C34H40F3N3O3. The standard InChI is InChI=1S/C34H40F3N3O3/c1-3-43-32-30-16-19-40(23-28(30)10-13-31(32)42-2)21-20-39-17-14-24(15-18-39)22-38-33(41)27-6-4-25(5-7-27)26-8-11-29(12-9-26)34(35,36)37/h4-13,24H,3,14-23H2,1-2H3,(H,38,41). The Morgan fingerprint density at radius 2 is 1.56 bits per heavy atom. The minimum atomic E-state index is -4.36. The smallest absolute Gasteiger partial charge is 0.416 e. The number of piperidine rings is 1. The Kier molecular flexibility index (Phi) is 9.93. The number of alkyl halides is 3. The van der Waals surface area contributed by atoms with Gasteiger partial charge in [0.1, 0.15) is 0 Å². The Balaban J connectivity index is 1.03. The third-order valence-corrected chi connectivity index (χ3v) is 8.59. The molecule has 3 aromatic carbocycles. The maximum Gasteiger partial charge on any atom is 0.416 e. The Hall–Kier alpha value is -3.56. The average Bonchev–Trinajstić information content (AvgIpc) is 3.03. The molecule has 43 heavy (non-hydrogen) atoms. The maximum absolute atomic E-state index is 12.8. The number of likely N-dealkylation sites (tertiary alicyclic amines) is 1. The normalized spacial score (nSPS) is 16.5. The SMILES string of the molecule is CCOc1c(OC)ccc2c1CCN(CCN1CCC(CNC(=O)c3ccc(-c4ccc(C(F)(F)F)cc4)cc3)CC1)C2. The van der Waals surface area contributed by atoms with Gasteiger partial charge in [0, 0.05) is 43.9 Å². The summed E-state index contributed by atoms with van der Waals surface area (Å²) in [4.78, 5) is 17.8. The predicted molar refractivity (Wildman–Crippen MR) is 162 cm³/mol. The van der Waals surface area contributed by atoms with E-state index in [0.717, 1.165) is 87.7 Å². The van der Waals surface area contributed by atoms with Gasteiger partial charge in [0.15, 0.2) is 11.5 Å². The summed E-state index contributed by atoms with van der Waals surface area (Å²) in [6.07, 6.45) is -1.30. The van der Waals surface area contributed by atoms with Crippen LogP contribution in [0.25, 0.3) is 11.1 Å². The quantitative estimate of drug-likeness (QED) is 0.299. The lowest BCUT2D eigenvalue weighted by Gasteiger charge is -2.35. The van der Waals surface area contributed by atoms with Gasteiger partial charge in [0.2, 0.25) is 0 Å². The van der Waals surface area contributed by atoms with E-state index in [1.807, 2.05) is 13.0 Å². The predicted octanol–water partition coefficient (Wildman–Crippen LogP) is 6.28. The zero-order valence-corrected chi connectivity index (χ0v) is 24.9. The van der Waals surface area contributed by atoms with Gasteiger partial charge in [-0.1, -0.05) is 30.3 Å². The number of nitrogens with zero attached hydrogens (tertiary/aromatic N) is 2. The van der Waals surface area contributed by atoms with Crippen molar-refractivity contribution in [1.82, 2.24) is 15.1 Å². The third-order valence-electron chi connectivity index (χ3n) is 8.59. The van der Waals surface area contributed by atoms with Crippen molar-refractivity contribution in [1.29, 1.82) is 0 Å². The van der Waals surface area contributed by atoms with Crippen LogP contribution in [-0.2, 0) is 19.1 Å². The maximum atomic E-state index is 12.8. The number of hydrogen-bond donors (Lipinski definition) is 1. The van der Waals surface area contributed by atoms with E-state index >= 15 is 0 Å². The van der Waals surface area contributed by atoms with Gasteiger partial charge in [0.25, 0.3) is 5.91 Å². The van der Waals surface area contributed by atoms with E-state index in [-0.39, 0.29) is 5.91 Å². The second-order valence-corrected chi connectivity index (χ2v) is 11.3. The number of fused-ring (bicyclic) bond motifs is 1. The van der Waals surface area contributed by atoms with Gasteiger partial charge in [0.05, 0.1) is 19.3 Å². The number of nitrogens with one attached hydrogen (secondary N) is 1. The monoisotopic (exact) mass is 595 g/mol. The van der Waals surface area contributed by atoms with Gasteiger partial charge in [-0.25, -0.2) is 0 Å². The van der Waals surface area contributed by atoms with Gasteiger partial charge in [-0.3, -0.25) is 9.69 Å². The van der Waals surface area contributed by atoms with Crippen molar-refractivity contribution in [2.24, 2.45) is 5.92 Å². The molecule has 1 saturated heterocycles. The first kappa shape index (κ1) is 30.9. The fourth-order valence-corrected chi connectivity index (χ4v) is 6.02. The number of methoxy groups -OCH3 is 1. The molecule has 2 aliphatic heterocycles. The molecule has 9 heteroatoms. The van der Waals surface area contributed by atoms with Crippen LogP contribution >= 0.6 is 0 Å². The molecule has 0 unspecified atom stereocenters. The highest BCUT2D eigenvalue weighted by Gasteiger charge is 2.30. The molecule has 2 aliphatic rings. The number of carbonyl (C=O) groups is 1. The number of carbonyl (C=O) groups excluding carboxylic acids is 1. The summed E-state index contributed by atoms with van der Waals surface area (Å²) in [5.41, 5.74) is 3.90. The van der Waals surface area contributed by atoms with E-state index in [4.69, 9.17) is 9.47 Å². The number of benzene rings is 3. The molecule has 0 saturated carbocycles. The van der Waals surface area contributed by atoms with E-state index in [9.17, 15) is 18.0 Å². The van der Waals surface area contributed by atoms with Crippen molar-refractivity contribution in [2.75, 3.05) is 53.0 Å². The van der Waals surface area contributed by atoms with E-state index < -0.39 is 11.7 Å². The molecule has 5 rings (SSSR count). The highest BCUT2D eigenvalue weighted by molar-refractivity contribution is 5.94. The number of ether oxygens (including phenoxy) is 2. The molecular weight excluding hydrogens is 555 g/mol. The molecule has 2 heterocycles. The lowest BCUT2D eigenvalue weighted by molar-refractivity contribution is -0.137. The van der Waals surface area contributed by atoms with Crippen molar-refractivity contribution in [3.05, 3.63) is 82.9 Å². The Morgan fingerprint density at radius 3 is 2.19 bits per heavy atom. The molecule has 3 aromatic rings. The van der Waals surface area contributed by atoms with Crippen LogP contribution < -0.4 is 14.8 Å². The zero-order chi connectivity index (χ0) is 30.4. The first-order chi connectivity index (χ1) is 20.7. The van der Waals surface area contributed by atoms with E-state index in [0.29, 0.717) is 30.2 Å². The summed E-state index contributed by atoms with van der Waals surface area (Å²) in [5, 5.41) is 3.07. The Morgan fingerprint density at radius 1 is 0.907 bits per heavy atom. The van der Waals surface area contributed by atoms with Gasteiger partial charge >= 0.3 is 6.18 Å². The summed E-state index contributed by atoms with van der Waals surface area (Å²) in [7, 11) is 1.69. The molecule has 0 aromatic heterocycles. The number of rotatable bonds is 10. The summed E-state index contributed by atoms with van der Waals surface area (Å²) >= 11 is 0. The van der Waals surface area contributed by atoms with Crippen LogP contribution in [0, 0.1) is 5.92 Å².